The van der Waals surface area contributed by atoms with Crippen LogP contribution in [0.4, 0.5) is 0 Å². The Morgan fingerprint density at radius 1 is 0.781 bits per heavy atom. The molecule has 3 N–H and O–H groups in total. The molecule has 1 heterocycles. The van der Waals surface area contributed by atoms with E-state index in [1.54, 1.807) is 4.68 Å². The molecule has 1 aromatic heterocycles. The highest BCUT2D eigenvalue weighted by atomic mass is 16.3. The molecule has 0 saturated carbocycles. The topological polar surface area (TPSA) is 109 Å². The minimum atomic E-state index is -0.434. The third-order valence-corrected chi connectivity index (χ3v) is 4.67. The van der Waals surface area contributed by atoms with Gasteiger partial charge in [0.05, 0.1) is 5.69 Å². The fraction of sp³-hybridized carbons (Fsp3) is 0.0833. The van der Waals surface area contributed by atoms with E-state index in [2.05, 4.69) is 20.7 Å². The van der Waals surface area contributed by atoms with Crippen molar-refractivity contribution in [3.05, 3.63) is 96.3 Å². The van der Waals surface area contributed by atoms with Gasteiger partial charge in [-0.05, 0) is 36.4 Å². The maximum absolute atomic E-state index is 12.6. The molecule has 32 heavy (non-hydrogen) atoms. The summed E-state index contributed by atoms with van der Waals surface area (Å²) in [4.78, 5) is 29.2. The number of phenolic OH excluding ortho intramolecular Hbond substituents is 1. The predicted octanol–water partition coefficient (Wildman–Crippen LogP) is 2.80. The fourth-order valence-corrected chi connectivity index (χ4v) is 3.08. The molecule has 0 aliphatic carbocycles. The zero-order chi connectivity index (χ0) is 22.3. The molecule has 0 unspecified atom stereocenters. The van der Waals surface area contributed by atoms with Gasteiger partial charge in [0.15, 0.2) is 5.82 Å². The van der Waals surface area contributed by atoms with E-state index >= 15 is 0 Å². The van der Waals surface area contributed by atoms with Gasteiger partial charge in [0.2, 0.25) is 5.82 Å². The Morgan fingerprint density at radius 3 is 2.03 bits per heavy atom. The second-order valence-corrected chi connectivity index (χ2v) is 6.93. The molecule has 0 atom stereocenters. The third kappa shape index (κ3) is 4.81. The largest absolute Gasteiger partial charge is 0.508 e. The molecular formula is C24H21N5O3. The van der Waals surface area contributed by atoms with Gasteiger partial charge in [-0.25, -0.2) is 9.67 Å². The van der Waals surface area contributed by atoms with Gasteiger partial charge in [-0.3, -0.25) is 9.59 Å². The Kier molecular flexibility index (Phi) is 6.22. The summed E-state index contributed by atoms with van der Waals surface area (Å²) in [5.41, 5.74) is 2.05. The first-order valence-electron chi connectivity index (χ1n) is 10.0. The van der Waals surface area contributed by atoms with Crippen LogP contribution in [0.25, 0.3) is 17.1 Å². The first-order chi connectivity index (χ1) is 15.6. The van der Waals surface area contributed by atoms with Crippen LogP contribution in [0.15, 0.2) is 84.9 Å². The number of nitrogens with zero attached hydrogens (tertiary/aromatic N) is 3. The van der Waals surface area contributed by atoms with Crippen molar-refractivity contribution in [3.8, 4) is 22.8 Å². The summed E-state index contributed by atoms with van der Waals surface area (Å²) in [6.07, 6.45) is 0. The number of aromatic hydroxyl groups is 1. The van der Waals surface area contributed by atoms with Crippen molar-refractivity contribution in [2.24, 2.45) is 0 Å². The second-order valence-electron chi connectivity index (χ2n) is 6.93. The van der Waals surface area contributed by atoms with Gasteiger partial charge in [0.1, 0.15) is 5.75 Å². The molecule has 0 aliphatic heterocycles. The number of nitrogens with one attached hydrogen (secondary N) is 2. The molecule has 8 nitrogen and oxygen atoms in total. The lowest BCUT2D eigenvalue weighted by Gasteiger charge is -2.06. The van der Waals surface area contributed by atoms with Gasteiger partial charge >= 0.3 is 0 Å². The number of amides is 2. The number of para-hydroxylation sites is 1. The van der Waals surface area contributed by atoms with Crippen LogP contribution in [0.5, 0.6) is 5.75 Å². The van der Waals surface area contributed by atoms with E-state index in [-0.39, 0.29) is 30.6 Å². The van der Waals surface area contributed by atoms with Gasteiger partial charge < -0.3 is 15.7 Å². The van der Waals surface area contributed by atoms with Gasteiger partial charge in [0, 0.05) is 24.2 Å². The SMILES string of the molecule is O=C(NCCNC(=O)c1nc(-c2ccccc2)n(-c2ccccc2)n1)c1ccc(O)cc1. The summed E-state index contributed by atoms with van der Waals surface area (Å²) in [5, 5.41) is 19.1. The number of rotatable bonds is 7. The monoisotopic (exact) mass is 427 g/mol. The van der Waals surface area contributed by atoms with Crippen molar-refractivity contribution >= 4 is 11.8 Å². The number of carbonyl (C=O) groups excluding carboxylic acids is 2. The standard InChI is InChI=1S/C24H21N5O3/c30-20-13-11-18(12-14-20)23(31)25-15-16-26-24(32)21-27-22(17-7-3-1-4-8-17)29(28-21)19-9-5-2-6-10-19/h1-14,30H,15-16H2,(H,25,31)(H,26,32). The summed E-state index contributed by atoms with van der Waals surface area (Å²) in [5.74, 6) is -0.0425. The zero-order valence-corrected chi connectivity index (χ0v) is 17.1. The van der Waals surface area contributed by atoms with Crippen LogP contribution < -0.4 is 10.6 Å². The molecule has 3 aromatic carbocycles. The number of phenols is 1. The molecule has 4 rings (SSSR count). The van der Waals surface area contributed by atoms with Crippen LogP contribution in [0.3, 0.4) is 0 Å². The highest BCUT2D eigenvalue weighted by Gasteiger charge is 2.18. The molecule has 0 radical (unpaired) electrons. The molecule has 0 spiro atoms. The van der Waals surface area contributed by atoms with E-state index < -0.39 is 5.91 Å². The van der Waals surface area contributed by atoms with Crippen molar-refractivity contribution in [1.82, 2.24) is 25.4 Å². The highest BCUT2D eigenvalue weighted by molar-refractivity contribution is 5.94. The second kappa shape index (κ2) is 9.57. The van der Waals surface area contributed by atoms with Crippen molar-refractivity contribution in [2.45, 2.75) is 0 Å². The van der Waals surface area contributed by atoms with Crippen LogP contribution in [0, 0.1) is 0 Å². The minimum Gasteiger partial charge on any atom is -0.508 e. The summed E-state index contributed by atoms with van der Waals surface area (Å²) < 4.78 is 1.64. The van der Waals surface area contributed by atoms with E-state index in [9.17, 15) is 14.7 Å². The Morgan fingerprint density at radius 2 is 1.38 bits per heavy atom. The molecule has 0 saturated heterocycles. The van der Waals surface area contributed by atoms with E-state index in [1.807, 2.05) is 60.7 Å². The van der Waals surface area contributed by atoms with Crippen molar-refractivity contribution in [2.75, 3.05) is 13.1 Å². The first-order valence-corrected chi connectivity index (χ1v) is 10.0. The normalized spacial score (nSPS) is 10.5. The Labute approximate surface area is 184 Å². The van der Waals surface area contributed by atoms with Gasteiger partial charge in [0.25, 0.3) is 11.8 Å². The fourth-order valence-electron chi connectivity index (χ4n) is 3.08. The van der Waals surface area contributed by atoms with Crippen LogP contribution >= 0.6 is 0 Å². The Bertz CT molecular complexity index is 1150. The summed E-state index contributed by atoms with van der Waals surface area (Å²) in [6, 6.07) is 24.9. The molecule has 0 fully saturated rings. The van der Waals surface area contributed by atoms with Crippen molar-refractivity contribution in [1.29, 1.82) is 0 Å². The molecule has 2 amide bonds. The van der Waals surface area contributed by atoms with Crippen LogP contribution in [0.1, 0.15) is 21.0 Å². The predicted molar refractivity (Wildman–Crippen MR) is 120 cm³/mol. The number of benzene rings is 3. The number of carbonyl (C=O) groups is 2. The van der Waals surface area contributed by atoms with E-state index in [4.69, 9.17) is 0 Å². The van der Waals surface area contributed by atoms with E-state index in [0.717, 1.165) is 11.3 Å². The van der Waals surface area contributed by atoms with Crippen molar-refractivity contribution in [3.63, 3.8) is 0 Å². The van der Waals surface area contributed by atoms with Gasteiger partial charge in [-0.1, -0.05) is 48.5 Å². The lowest BCUT2D eigenvalue weighted by molar-refractivity contribution is 0.0922. The lowest BCUT2D eigenvalue weighted by atomic mass is 10.2. The highest BCUT2D eigenvalue weighted by Crippen LogP contribution is 2.20. The molecular weight excluding hydrogens is 406 g/mol. The Hall–Kier alpha value is -4.46. The van der Waals surface area contributed by atoms with E-state index in [0.29, 0.717) is 11.4 Å². The molecule has 0 bridgehead atoms. The van der Waals surface area contributed by atoms with E-state index in [1.165, 1.54) is 24.3 Å². The minimum absolute atomic E-state index is 0.0394. The Balaban J connectivity index is 1.43. The van der Waals surface area contributed by atoms with Crippen LogP contribution in [-0.4, -0.2) is 44.8 Å². The smallest absolute Gasteiger partial charge is 0.291 e. The third-order valence-electron chi connectivity index (χ3n) is 4.67. The molecule has 0 aliphatic rings. The number of hydrogen-bond donors (Lipinski definition) is 3. The molecule has 8 heteroatoms. The van der Waals surface area contributed by atoms with Crippen LogP contribution in [-0.2, 0) is 0 Å². The quantitative estimate of drug-likeness (QED) is 0.393. The van der Waals surface area contributed by atoms with Crippen molar-refractivity contribution < 1.29 is 14.7 Å². The lowest BCUT2D eigenvalue weighted by Crippen LogP contribution is -2.35. The summed E-state index contributed by atoms with van der Waals surface area (Å²) in [7, 11) is 0. The maximum Gasteiger partial charge on any atom is 0.291 e. The zero-order valence-electron chi connectivity index (χ0n) is 17.1. The average molecular weight is 427 g/mol. The van der Waals surface area contributed by atoms with Gasteiger partial charge in [-0.15, -0.1) is 5.10 Å². The summed E-state index contributed by atoms with van der Waals surface area (Å²) >= 11 is 0. The molecule has 4 aromatic rings. The maximum atomic E-state index is 12.6. The summed E-state index contributed by atoms with van der Waals surface area (Å²) in [6.45, 7) is 0.444. The number of aromatic nitrogens is 3. The molecule has 160 valence electrons. The number of hydrogen-bond acceptors (Lipinski definition) is 5. The first kappa shape index (κ1) is 20.8. The van der Waals surface area contributed by atoms with Crippen LogP contribution in [0.2, 0.25) is 0 Å². The average Bonchev–Trinajstić information content (AvgIpc) is 3.29. The van der Waals surface area contributed by atoms with Gasteiger partial charge in [-0.2, -0.15) is 0 Å².